The molecule has 2 saturated heterocycles. The van der Waals surface area contributed by atoms with Crippen LogP contribution >= 0.6 is 11.6 Å². The Morgan fingerprint density at radius 3 is 2.41 bits per heavy atom. The maximum absolute atomic E-state index is 11.2. The quantitative estimate of drug-likeness (QED) is 0.307. The Hall–Kier alpha value is -3.10. The van der Waals surface area contributed by atoms with Crippen molar-refractivity contribution in [2.45, 2.75) is 38.1 Å². The summed E-state index contributed by atoms with van der Waals surface area (Å²) in [7, 11) is 0. The average Bonchev–Trinajstić information content (AvgIpc) is 2.93. The molecule has 5 rings (SSSR count). The largest absolute Gasteiger partial charge is 0.493 e. The molecule has 0 spiro atoms. The monoisotopic (exact) mass is 552 g/mol. The molecule has 2 aliphatic rings. The summed E-state index contributed by atoms with van der Waals surface area (Å²) in [6, 6.07) is 21.5. The number of carbonyl (C=O) groups is 1. The number of aliphatic carboxylic acids is 1. The molecule has 0 aliphatic carbocycles. The fraction of sp³-hybridized carbons (Fsp3) is 0.387. The van der Waals surface area contributed by atoms with E-state index >= 15 is 0 Å². The van der Waals surface area contributed by atoms with Crippen LogP contribution < -0.4 is 9.47 Å². The second-order valence-corrected chi connectivity index (χ2v) is 10.5. The van der Waals surface area contributed by atoms with Gasteiger partial charge in [0, 0.05) is 18.8 Å². The fourth-order valence-corrected chi connectivity index (χ4v) is 5.06. The van der Waals surface area contributed by atoms with Gasteiger partial charge in [-0.3, -0.25) is 0 Å². The van der Waals surface area contributed by atoms with Gasteiger partial charge in [0.25, 0.3) is 0 Å². The molecule has 8 heteroatoms. The minimum Gasteiger partial charge on any atom is -0.493 e. The number of hydrogen-bond acceptors (Lipinski definition) is 6. The van der Waals surface area contributed by atoms with Gasteiger partial charge in [-0.05, 0) is 78.8 Å². The Labute approximate surface area is 233 Å². The van der Waals surface area contributed by atoms with Crippen LogP contribution in [0.2, 0.25) is 5.02 Å². The van der Waals surface area contributed by atoms with E-state index < -0.39 is 17.7 Å². The molecule has 0 bridgehead atoms. The van der Waals surface area contributed by atoms with Gasteiger partial charge in [0.15, 0.2) is 6.10 Å². The van der Waals surface area contributed by atoms with Gasteiger partial charge in [0.2, 0.25) is 0 Å². The number of halogens is 1. The van der Waals surface area contributed by atoms with Gasteiger partial charge in [-0.25, -0.2) is 4.79 Å². The second kappa shape index (κ2) is 12.4. The summed E-state index contributed by atoms with van der Waals surface area (Å²) < 4.78 is 28.6. The molecule has 206 valence electrons. The van der Waals surface area contributed by atoms with Crippen LogP contribution in [0.1, 0.15) is 30.9 Å². The predicted molar refractivity (Wildman–Crippen MR) is 147 cm³/mol. The second-order valence-electron chi connectivity index (χ2n) is 10.1. The van der Waals surface area contributed by atoms with Crippen molar-refractivity contribution in [2.75, 3.05) is 33.0 Å². The Morgan fingerprint density at radius 1 is 1.00 bits per heavy atom. The molecular formula is C31H33ClO7. The number of carboxylic acids is 1. The molecule has 1 unspecified atom stereocenters. The Kier molecular flexibility index (Phi) is 8.72. The molecule has 7 nitrogen and oxygen atoms in total. The van der Waals surface area contributed by atoms with Crippen molar-refractivity contribution in [1.82, 2.24) is 0 Å². The third-order valence-corrected chi connectivity index (χ3v) is 7.52. The standard InChI is InChI=1S/C31H33ClO7/c1-21(30(33)34)39-31(19-36-20-31)25-5-7-26(8-6-25)37-18-23-3-2-4-24(15-23)28-10-9-27(16-29(28)32)38-17-22-11-13-35-14-12-22/h2-10,15-16,21-22H,11-14,17-20H2,1H3,(H,33,34). The zero-order valence-corrected chi connectivity index (χ0v) is 22.7. The highest BCUT2D eigenvalue weighted by Gasteiger charge is 2.44. The average molecular weight is 553 g/mol. The van der Waals surface area contributed by atoms with Gasteiger partial charge in [-0.1, -0.05) is 41.9 Å². The lowest BCUT2D eigenvalue weighted by atomic mass is 9.91. The first-order chi connectivity index (χ1) is 18.9. The highest BCUT2D eigenvalue weighted by atomic mass is 35.5. The highest BCUT2D eigenvalue weighted by molar-refractivity contribution is 6.33. The van der Waals surface area contributed by atoms with Crippen LogP contribution in [-0.4, -0.2) is 50.2 Å². The van der Waals surface area contributed by atoms with E-state index in [1.54, 1.807) is 0 Å². The van der Waals surface area contributed by atoms with E-state index in [1.165, 1.54) is 6.92 Å². The van der Waals surface area contributed by atoms with Crippen molar-refractivity contribution in [2.24, 2.45) is 5.92 Å². The normalized spacial score (nSPS) is 17.7. The summed E-state index contributed by atoms with van der Waals surface area (Å²) >= 11 is 6.64. The first kappa shape index (κ1) is 27.5. The van der Waals surface area contributed by atoms with E-state index in [-0.39, 0.29) is 0 Å². The lowest BCUT2D eigenvalue weighted by Crippen LogP contribution is -2.51. The molecule has 0 amide bonds. The molecule has 0 saturated carbocycles. The van der Waals surface area contributed by atoms with Crippen LogP contribution in [0.4, 0.5) is 0 Å². The van der Waals surface area contributed by atoms with Gasteiger partial charge in [0.05, 0.1) is 24.8 Å². The third-order valence-electron chi connectivity index (χ3n) is 7.21. The van der Waals surface area contributed by atoms with Gasteiger partial charge in [0.1, 0.15) is 23.7 Å². The van der Waals surface area contributed by atoms with Crippen LogP contribution in [-0.2, 0) is 31.2 Å². The molecule has 0 aromatic heterocycles. The van der Waals surface area contributed by atoms with E-state index in [2.05, 4.69) is 6.07 Å². The van der Waals surface area contributed by atoms with E-state index in [0.717, 1.165) is 54.1 Å². The number of rotatable bonds is 11. The van der Waals surface area contributed by atoms with Gasteiger partial charge in [-0.2, -0.15) is 0 Å². The van der Waals surface area contributed by atoms with Crippen LogP contribution in [0.15, 0.2) is 66.7 Å². The lowest BCUT2D eigenvalue weighted by molar-refractivity contribution is -0.237. The molecule has 1 N–H and O–H groups in total. The lowest BCUT2D eigenvalue weighted by Gasteiger charge is -2.42. The number of ether oxygens (including phenoxy) is 5. The minimum absolute atomic E-state index is 0.323. The van der Waals surface area contributed by atoms with Crippen LogP contribution in [0.5, 0.6) is 11.5 Å². The van der Waals surface area contributed by atoms with Gasteiger partial charge in [-0.15, -0.1) is 0 Å². The van der Waals surface area contributed by atoms with Crippen molar-refractivity contribution in [3.8, 4) is 22.6 Å². The Bertz CT molecular complexity index is 1270. The number of carboxylic acid groups (broad SMARTS) is 1. The van der Waals surface area contributed by atoms with Crippen molar-refractivity contribution in [1.29, 1.82) is 0 Å². The van der Waals surface area contributed by atoms with E-state index in [4.69, 9.17) is 35.3 Å². The zero-order chi connectivity index (χ0) is 27.2. The molecule has 3 aromatic carbocycles. The summed E-state index contributed by atoms with van der Waals surface area (Å²) in [5, 5.41) is 9.86. The highest BCUT2D eigenvalue weighted by Crippen LogP contribution is 2.36. The molecule has 2 aliphatic heterocycles. The predicted octanol–water partition coefficient (Wildman–Crippen LogP) is 6.11. The minimum atomic E-state index is -1.00. The van der Waals surface area contributed by atoms with E-state index in [0.29, 0.717) is 43.1 Å². The number of hydrogen-bond donors (Lipinski definition) is 1. The molecule has 2 heterocycles. The summed E-state index contributed by atoms with van der Waals surface area (Å²) in [6.45, 7) is 4.84. The summed E-state index contributed by atoms with van der Waals surface area (Å²) in [4.78, 5) is 11.2. The Morgan fingerprint density at radius 2 is 1.74 bits per heavy atom. The topological polar surface area (TPSA) is 83.5 Å². The Balaban J connectivity index is 1.19. The number of benzene rings is 3. The maximum atomic E-state index is 11.2. The third kappa shape index (κ3) is 6.73. The molecular weight excluding hydrogens is 520 g/mol. The maximum Gasteiger partial charge on any atom is 0.332 e. The van der Waals surface area contributed by atoms with E-state index in [1.807, 2.05) is 60.7 Å². The first-order valence-corrected chi connectivity index (χ1v) is 13.6. The molecule has 0 radical (unpaired) electrons. The van der Waals surface area contributed by atoms with Crippen molar-refractivity contribution in [3.63, 3.8) is 0 Å². The fourth-order valence-electron chi connectivity index (χ4n) is 4.78. The van der Waals surface area contributed by atoms with Gasteiger partial charge < -0.3 is 28.8 Å². The van der Waals surface area contributed by atoms with Crippen LogP contribution in [0, 0.1) is 5.92 Å². The molecule has 1 atom stereocenters. The van der Waals surface area contributed by atoms with E-state index in [9.17, 15) is 9.90 Å². The molecule has 2 fully saturated rings. The SMILES string of the molecule is CC(OC1(c2ccc(OCc3cccc(-c4ccc(OCC5CCOCC5)cc4Cl)c3)cc2)COC1)C(=O)O. The zero-order valence-electron chi connectivity index (χ0n) is 21.9. The summed E-state index contributed by atoms with van der Waals surface area (Å²) in [5.74, 6) is 0.998. The van der Waals surface area contributed by atoms with Crippen molar-refractivity contribution < 1.29 is 33.6 Å². The smallest absolute Gasteiger partial charge is 0.332 e. The van der Waals surface area contributed by atoms with Crippen LogP contribution in [0.25, 0.3) is 11.1 Å². The van der Waals surface area contributed by atoms with Crippen molar-refractivity contribution in [3.05, 3.63) is 82.9 Å². The van der Waals surface area contributed by atoms with Crippen molar-refractivity contribution >= 4 is 17.6 Å². The summed E-state index contributed by atoms with van der Waals surface area (Å²) in [5.41, 5.74) is 3.07. The molecule has 39 heavy (non-hydrogen) atoms. The van der Waals surface area contributed by atoms with Crippen LogP contribution in [0.3, 0.4) is 0 Å². The summed E-state index contributed by atoms with van der Waals surface area (Å²) in [6.07, 6.45) is 1.13. The first-order valence-electron chi connectivity index (χ1n) is 13.2. The van der Waals surface area contributed by atoms with Gasteiger partial charge >= 0.3 is 5.97 Å². The molecule has 3 aromatic rings.